The summed E-state index contributed by atoms with van der Waals surface area (Å²) in [4.78, 5) is 9.61. The minimum atomic E-state index is 0.758. The van der Waals surface area contributed by atoms with E-state index in [-0.39, 0.29) is 0 Å². The van der Waals surface area contributed by atoms with E-state index < -0.39 is 0 Å². The van der Waals surface area contributed by atoms with Gasteiger partial charge < -0.3 is 4.74 Å². The molecule has 0 unspecified atom stereocenters. The summed E-state index contributed by atoms with van der Waals surface area (Å²) in [5, 5.41) is 6.78. The van der Waals surface area contributed by atoms with E-state index in [1.54, 1.807) is 0 Å². The lowest BCUT2D eigenvalue weighted by Crippen LogP contribution is -1.96. The third-order valence-electron chi connectivity index (χ3n) is 10.6. The molecule has 0 aliphatic carbocycles. The second kappa shape index (κ2) is 11.0. The molecule has 0 aliphatic heterocycles. The number of ether oxygens (including phenoxy) is 1. The zero-order valence-electron chi connectivity index (χ0n) is 28.9. The van der Waals surface area contributed by atoms with Crippen molar-refractivity contribution in [1.29, 1.82) is 0 Å². The molecule has 4 heterocycles. The van der Waals surface area contributed by atoms with Crippen molar-refractivity contribution in [2.45, 2.75) is 27.7 Å². The molecule has 0 radical (unpaired) electrons. The Morgan fingerprint density at radius 1 is 0.471 bits per heavy atom. The number of hydrogen-bond acceptors (Lipinski definition) is 3. The Morgan fingerprint density at radius 3 is 1.71 bits per heavy atom. The first-order valence-corrected chi connectivity index (χ1v) is 17.4. The topological polar surface area (TPSA) is 43.8 Å². The summed E-state index contributed by atoms with van der Waals surface area (Å²) < 4.78 is 11.0. The van der Waals surface area contributed by atoms with E-state index in [4.69, 9.17) is 14.7 Å². The molecule has 4 aromatic heterocycles. The van der Waals surface area contributed by atoms with Crippen LogP contribution in [0.2, 0.25) is 0 Å². The first kappa shape index (κ1) is 29.5. The summed E-state index contributed by atoms with van der Waals surface area (Å²) in [6, 6.07) is 39.1. The van der Waals surface area contributed by atoms with Crippen molar-refractivity contribution in [1.82, 2.24) is 18.8 Å². The van der Waals surface area contributed by atoms with Gasteiger partial charge in [0.25, 0.3) is 0 Å². The number of hydrogen-bond donors (Lipinski definition) is 0. The second-order valence-corrected chi connectivity index (χ2v) is 13.7. The molecule has 5 nitrogen and oxygen atoms in total. The maximum atomic E-state index is 6.67. The zero-order chi connectivity index (χ0) is 34.4. The van der Waals surface area contributed by atoms with Gasteiger partial charge in [0.05, 0.1) is 11.0 Å². The smallest absolute Gasteiger partial charge is 0.145 e. The van der Waals surface area contributed by atoms with Crippen LogP contribution in [0.3, 0.4) is 0 Å². The van der Waals surface area contributed by atoms with Gasteiger partial charge in [-0.25, -0.2) is 9.97 Å². The standard InChI is InChI=1S/C46H34N4O/c1-27-8-5-9-28(2)42(27)31-14-19-40-37(24-31)34-17-15-32(25-38(34)45-47-20-22-49(40)45)51-33-16-18-35-39(26-33)46-48-21-23-50(46)41-13-7-12-36(44(35)41)43-29(3)10-6-11-30(43)4/h5-26H,1-4H3. The van der Waals surface area contributed by atoms with Crippen LogP contribution in [0, 0.1) is 27.7 Å². The lowest BCUT2D eigenvalue weighted by atomic mass is 9.91. The third kappa shape index (κ3) is 4.41. The van der Waals surface area contributed by atoms with Crippen LogP contribution < -0.4 is 4.74 Å². The highest BCUT2D eigenvalue weighted by atomic mass is 16.5. The number of fused-ring (bicyclic) bond motifs is 12. The van der Waals surface area contributed by atoms with E-state index in [1.807, 2.05) is 24.8 Å². The quantitative estimate of drug-likeness (QED) is 0.177. The van der Waals surface area contributed by atoms with Crippen LogP contribution in [-0.2, 0) is 0 Å². The molecule has 51 heavy (non-hydrogen) atoms. The van der Waals surface area contributed by atoms with Crippen molar-refractivity contribution >= 4 is 54.6 Å². The van der Waals surface area contributed by atoms with E-state index in [2.05, 4.69) is 146 Å². The molecule has 6 aromatic carbocycles. The highest BCUT2D eigenvalue weighted by Gasteiger charge is 2.18. The Balaban J connectivity index is 1.13. The molecule has 0 saturated carbocycles. The van der Waals surface area contributed by atoms with E-state index in [0.29, 0.717) is 0 Å². The minimum absolute atomic E-state index is 0.758. The number of nitrogens with zero attached hydrogens (tertiary/aromatic N) is 4. The van der Waals surface area contributed by atoms with Gasteiger partial charge in [0, 0.05) is 46.3 Å². The molecule has 0 N–H and O–H groups in total. The molecule has 0 fully saturated rings. The van der Waals surface area contributed by atoms with Gasteiger partial charge in [-0.15, -0.1) is 0 Å². The van der Waals surface area contributed by atoms with Gasteiger partial charge >= 0.3 is 0 Å². The van der Waals surface area contributed by atoms with E-state index in [9.17, 15) is 0 Å². The van der Waals surface area contributed by atoms with Crippen LogP contribution in [0.4, 0.5) is 0 Å². The molecule has 0 bridgehead atoms. The summed E-state index contributed by atoms with van der Waals surface area (Å²) in [5.41, 5.74) is 14.2. The summed E-state index contributed by atoms with van der Waals surface area (Å²) >= 11 is 0. The van der Waals surface area contributed by atoms with Crippen LogP contribution in [0.5, 0.6) is 11.5 Å². The first-order valence-electron chi connectivity index (χ1n) is 17.4. The molecule has 5 heteroatoms. The number of benzene rings is 6. The average Bonchev–Trinajstić information content (AvgIpc) is 3.83. The van der Waals surface area contributed by atoms with Gasteiger partial charge in [0.1, 0.15) is 22.8 Å². The number of rotatable bonds is 4. The van der Waals surface area contributed by atoms with E-state index >= 15 is 0 Å². The Bertz CT molecular complexity index is 3020. The lowest BCUT2D eigenvalue weighted by Gasteiger charge is -2.17. The van der Waals surface area contributed by atoms with Crippen LogP contribution in [0.15, 0.2) is 134 Å². The molecule has 0 amide bonds. The molecule has 0 atom stereocenters. The van der Waals surface area contributed by atoms with Crippen molar-refractivity contribution in [2.24, 2.45) is 0 Å². The summed E-state index contributed by atoms with van der Waals surface area (Å²) in [6.07, 6.45) is 7.84. The maximum Gasteiger partial charge on any atom is 0.145 e. The first-order chi connectivity index (χ1) is 24.9. The summed E-state index contributed by atoms with van der Waals surface area (Å²) in [5.74, 6) is 1.52. The zero-order valence-corrected chi connectivity index (χ0v) is 28.9. The van der Waals surface area contributed by atoms with Crippen molar-refractivity contribution in [2.75, 3.05) is 0 Å². The van der Waals surface area contributed by atoms with Crippen molar-refractivity contribution < 1.29 is 4.74 Å². The van der Waals surface area contributed by atoms with Crippen LogP contribution in [0.25, 0.3) is 76.9 Å². The monoisotopic (exact) mass is 658 g/mol. The van der Waals surface area contributed by atoms with Gasteiger partial charge in [-0.3, -0.25) is 8.80 Å². The molecule has 10 aromatic rings. The maximum absolute atomic E-state index is 6.67. The van der Waals surface area contributed by atoms with Crippen LogP contribution in [0.1, 0.15) is 22.3 Å². The third-order valence-corrected chi connectivity index (χ3v) is 10.6. The number of imidazole rings is 2. The SMILES string of the molecule is Cc1cccc(C)c1-c1ccc2c(c1)c1ccc(Oc3ccc4c(c3)c3nccn3c3cccc(-c5c(C)cccc5C)c43)cc1c1nccn21. The largest absolute Gasteiger partial charge is 0.457 e. The number of aryl methyl sites for hydroxylation is 4. The summed E-state index contributed by atoms with van der Waals surface area (Å²) in [7, 11) is 0. The molecule has 0 spiro atoms. The highest BCUT2D eigenvalue weighted by molar-refractivity contribution is 6.18. The fourth-order valence-electron chi connectivity index (χ4n) is 8.39. The molecule has 244 valence electrons. The number of aromatic nitrogens is 4. The Kier molecular flexibility index (Phi) is 6.37. The fourth-order valence-corrected chi connectivity index (χ4v) is 8.39. The fraction of sp³-hybridized carbons (Fsp3) is 0.0870. The predicted molar refractivity (Wildman–Crippen MR) is 210 cm³/mol. The predicted octanol–water partition coefficient (Wildman–Crippen LogP) is 12.0. The van der Waals surface area contributed by atoms with Gasteiger partial charge in [-0.1, -0.05) is 54.6 Å². The lowest BCUT2D eigenvalue weighted by molar-refractivity contribution is 0.484. The molecule has 10 rings (SSSR count). The second-order valence-electron chi connectivity index (χ2n) is 13.7. The van der Waals surface area contributed by atoms with Crippen molar-refractivity contribution in [3.63, 3.8) is 0 Å². The van der Waals surface area contributed by atoms with Gasteiger partial charge in [0.2, 0.25) is 0 Å². The summed E-state index contributed by atoms with van der Waals surface area (Å²) in [6.45, 7) is 8.76. The molecule has 0 saturated heterocycles. The van der Waals surface area contributed by atoms with Gasteiger partial charge in [-0.05, 0) is 138 Å². The Labute approximate surface area is 295 Å². The van der Waals surface area contributed by atoms with E-state index in [1.165, 1.54) is 55.3 Å². The van der Waals surface area contributed by atoms with Crippen LogP contribution >= 0.6 is 0 Å². The average molecular weight is 659 g/mol. The van der Waals surface area contributed by atoms with E-state index in [0.717, 1.165) is 55.4 Å². The van der Waals surface area contributed by atoms with Crippen molar-refractivity contribution in [3.05, 3.63) is 156 Å². The van der Waals surface area contributed by atoms with Crippen molar-refractivity contribution in [3.8, 4) is 33.8 Å². The molecule has 0 aliphatic rings. The Hall–Kier alpha value is -6.46. The van der Waals surface area contributed by atoms with Gasteiger partial charge in [0.15, 0.2) is 0 Å². The number of pyridine rings is 2. The minimum Gasteiger partial charge on any atom is -0.457 e. The highest BCUT2D eigenvalue weighted by Crippen LogP contribution is 2.41. The normalized spacial score (nSPS) is 11.9. The van der Waals surface area contributed by atoms with Crippen LogP contribution in [-0.4, -0.2) is 18.8 Å². The molecular weight excluding hydrogens is 625 g/mol. The molecular formula is C46H34N4O. The van der Waals surface area contributed by atoms with Gasteiger partial charge in [-0.2, -0.15) is 0 Å². The Morgan fingerprint density at radius 2 is 1.04 bits per heavy atom.